The second kappa shape index (κ2) is 10.9. The van der Waals surface area contributed by atoms with Crippen molar-refractivity contribution in [1.29, 1.82) is 0 Å². The van der Waals surface area contributed by atoms with Gasteiger partial charge in [-0.25, -0.2) is 4.39 Å². The van der Waals surface area contributed by atoms with Crippen molar-refractivity contribution in [2.75, 3.05) is 20.0 Å². The molecule has 3 aromatic carbocycles. The van der Waals surface area contributed by atoms with E-state index < -0.39 is 5.82 Å². The molecule has 0 aliphatic heterocycles. The first-order valence-electron chi connectivity index (χ1n) is 10.4. The SMILES string of the molecule is CCOCOc1ccc(C(C)(C)COCc2ccc(F)c(Oc3ccccc3)c2)cc1. The van der Waals surface area contributed by atoms with Gasteiger partial charge in [0.15, 0.2) is 18.4 Å². The van der Waals surface area contributed by atoms with Gasteiger partial charge in [0, 0.05) is 12.0 Å². The molecule has 0 saturated carbocycles. The van der Waals surface area contributed by atoms with Crippen LogP contribution in [-0.4, -0.2) is 20.0 Å². The summed E-state index contributed by atoms with van der Waals surface area (Å²) in [5.74, 6) is 1.15. The van der Waals surface area contributed by atoms with Crippen LogP contribution < -0.4 is 9.47 Å². The molecule has 0 saturated heterocycles. The summed E-state index contributed by atoms with van der Waals surface area (Å²) in [5.41, 5.74) is 1.80. The second-order valence-corrected chi connectivity index (χ2v) is 7.84. The molecule has 5 heteroatoms. The molecule has 0 radical (unpaired) electrons. The Hall–Kier alpha value is -2.89. The predicted molar refractivity (Wildman–Crippen MR) is 119 cm³/mol. The summed E-state index contributed by atoms with van der Waals surface area (Å²) < 4.78 is 36.5. The highest BCUT2D eigenvalue weighted by Gasteiger charge is 2.21. The van der Waals surface area contributed by atoms with E-state index in [1.54, 1.807) is 24.3 Å². The average Bonchev–Trinajstić information content (AvgIpc) is 2.77. The van der Waals surface area contributed by atoms with E-state index in [0.717, 1.165) is 16.9 Å². The quantitative estimate of drug-likeness (QED) is 0.261. The summed E-state index contributed by atoms with van der Waals surface area (Å²) in [6, 6.07) is 21.9. The first-order chi connectivity index (χ1) is 15.0. The Labute approximate surface area is 183 Å². The summed E-state index contributed by atoms with van der Waals surface area (Å²) in [6.07, 6.45) is 0. The van der Waals surface area contributed by atoms with E-state index in [1.807, 2.05) is 49.4 Å². The van der Waals surface area contributed by atoms with Crippen LogP contribution >= 0.6 is 0 Å². The van der Waals surface area contributed by atoms with Crippen molar-refractivity contribution in [3.8, 4) is 17.2 Å². The number of rotatable bonds is 11. The largest absolute Gasteiger partial charge is 0.468 e. The molecule has 164 valence electrons. The molecular weight excluding hydrogens is 395 g/mol. The van der Waals surface area contributed by atoms with Crippen molar-refractivity contribution in [3.63, 3.8) is 0 Å². The number of benzene rings is 3. The lowest BCUT2D eigenvalue weighted by molar-refractivity contribution is 0.0224. The van der Waals surface area contributed by atoms with E-state index in [1.165, 1.54) is 6.07 Å². The van der Waals surface area contributed by atoms with E-state index in [4.69, 9.17) is 18.9 Å². The molecule has 3 aromatic rings. The van der Waals surface area contributed by atoms with Crippen molar-refractivity contribution in [2.24, 2.45) is 0 Å². The van der Waals surface area contributed by atoms with E-state index in [9.17, 15) is 4.39 Å². The van der Waals surface area contributed by atoms with Crippen molar-refractivity contribution in [1.82, 2.24) is 0 Å². The summed E-state index contributed by atoms with van der Waals surface area (Å²) in [5, 5.41) is 0. The molecule has 0 atom stereocenters. The van der Waals surface area contributed by atoms with Crippen LogP contribution in [0.2, 0.25) is 0 Å². The zero-order valence-corrected chi connectivity index (χ0v) is 18.3. The van der Waals surface area contributed by atoms with Crippen LogP contribution in [-0.2, 0) is 21.5 Å². The highest BCUT2D eigenvalue weighted by Crippen LogP contribution is 2.28. The summed E-state index contributed by atoms with van der Waals surface area (Å²) in [4.78, 5) is 0. The summed E-state index contributed by atoms with van der Waals surface area (Å²) in [6.45, 7) is 7.92. The van der Waals surface area contributed by atoms with Crippen LogP contribution in [0.4, 0.5) is 4.39 Å². The molecule has 0 fully saturated rings. The maximum Gasteiger partial charge on any atom is 0.189 e. The van der Waals surface area contributed by atoms with Gasteiger partial charge in [0.1, 0.15) is 11.5 Å². The minimum atomic E-state index is -0.403. The number of hydrogen-bond acceptors (Lipinski definition) is 4. The van der Waals surface area contributed by atoms with Gasteiger partial charge in [-0.3, -0.25) is 0 Å². The fourth-order valence-electron chi connectivity index (χ4n) is 3.03. The molecule has 0 aliphatic rings. The smallest absolute Gasteiger partial charge is 0.189 e. The van der Waals surface area contributed by atoms with Gasteiger partial charge in [0.05, 0.1) is 13.2 Å². The molecule has 3 rings (SSSR count). The van der Waals surface area contributed by atoms with E-state index in [-0.39, 0.29) is 18.0 Å². The van der Waals surface area contributed by atoms with Crippen LogP contribution in [0.1, 0.15) is 31.9 Å². The third kappa shape index (κ3) is 6.81. The molecule has 0 heterocycles. The highest BCUT2D eigenvalue weighted by molar-refractivity contribution is 5.35. The number of para-hydroxylation sites is 1. The standard InChI is InChI=1S/C26H29FO4/c1-4-28-19-30-22-13-11-21(12-14-22)26(2,3)18-29-17-20-10-15-24(27)25(16-20)31-23-8-6-5-7-9-23/h5-16H,4,17-19H2,1-3H3. The van der Waals surface area contributed by atoms with Gasteiger partial charge in [-0.05, 0) is 54.4 Å². The Bertz CT molecular complexity index is 939. The molecule has 0 N–H and O–H groups in total. The van der Waals surface area contributed by atoms with E-state index in [2.05, 4.69) is 13.8 Å². The van der Waals surface area contributed by atoms with Crippen molar-refractivity contribution in [2.45, 2.75) is 32.8 Å². The minimum absolute atomic E-state index is 0.189. The van der Waals surface area contributed by atoms with Crippen LogP contribution in [0.15, 0.2) is 72.8 Å². The number of hydrogen-bond donors (Lipinski definition) is 0. The fourth-order valence-corrected chi connectivity index (χ4v) is 3.03. The summed E-state index contributed by atoms with van der Waals surface area (Å²) in [7, 11) is 0. The van der Waals surface area contributed by atoms with E-state index >= 15 is 0 Å². The first kappa shape index (κ1) is 22.8. The van der Waals surface area contributed by atoms with Gasteiger partial charge in [0.2, 0.25) is 0 Å². The molecular formula is C26H29FO4. The molecule has 0 amide bonds. The van der Waals surface area contributed by atoms with Gasteiger partial charge in [0.25, 0.3) is 0 Å². The second-order valence-electron chi connectivity index (χ2n) is 7.84. The molecule has 0 spiro atoms. The average molecular weight is 425 g/mol. The Morgan fingerprint density at radius 2 is 1.58 bits per heavy atom. The Morgan fingerprint density at radius 1 is 0.839 bits per heavy atom. The maximum atomic E-state index is 14.1. The zero-order valence-electron chi connectivity index (χ0n) is 18.3. The molecule has 31 heavy (non-hydrogen) atoms. The lowest BCUT2D eigenvalue weighted by Gasteiger charge is -2.25. The van der Waals surface area contributed by atoms with Crippen molar-refractivity contribution in [3.05, 3.63) is 89.7 Å². The molecule has 0 aliphatic carbocycles. The van der Waals surface area contributed by atoms with Crippen LogP contribution in [0.5, 0.6) is 17.2 Å². The third-order valence-corrected chi connectivity index (χ3v) is 4.85. The summed E-state index contributed by atoms with van der Waals surface area (Å²) >= 11 is 0. The lowest BCUT2D eigenvalue weighted by atomic mass is 9.85. The highest BCUT2D eigenvalue weighted by atomic mass is 19.1. The van der Waals surface area contributed by atoms with Gasteiger partial charge in [-0.2, -0.15) is 0 Å². The van der Waals surface area contributed by atoms with Gasteiger partial charge in [-0.1, -0.05) is 50.2 Å². The van der Waals surface area contributed by atoms with E-state index in [0.29, 0.717) is 25.6 Å². The fraction of sp³-hybridized carbons (Fsp3) is 0.308. The third-order valence-electron chi connectivity index (χ3n) is 4.85. The molecule has 0 aromatic heterocycles. The Kier molecular flexibility index (Phi) is 8.04. The first-order valence-corrected chi connectivity index (χ1v) is 10.4. The lowest BCUT2D eigenvalue weighted by Crippen LogP contribution is -2.24. The Morgan fingerprint density at radius 3 is 2.29 bits per heavy atom. The van der Waals surface area contributed by atoms with Crippen molar-refractivity contribution >= 4 is 0 Å². The minimum Gasteiger partial charge on any atom is -0.468 e. The number of ether oxygens (including phenoxy) is 4. The van der Waals surface area contributed by atoms with Crippen LogP contribution in [0.25, 0.3) is 0 Å². The van der Waals surface area contributed by atoms with Gasteiger partial charge < -0.3 is 18.9 Å². The number of halogens is 1. The molecule has 0 bridgehead atoms. The molecule has 0 unspecified atom stereocenters. The predicted octanol–water partition coefficient (Wildman–Crippen LogP) is 6.49. The topological polar surface area (TPSA) is 36.9 Å². The zero-order chi connectivity index (χ0) is 22.1. The Balaban J connectivity index is 1.55. The van der Waals surface area contributed by atoms with Gasteiger partial charge >= 0.3 is 0 Å². The van der Waals surface area contributed by atoms with Crippen LogP contribution in [0.3, 0.4) is 0 Å². The van der Waals surface area contributed by atoms with Gasteiger partial charge in [-0.15, -0.1) is 0 Å². The van der Waals surface area contributed by atoms with Crippen LogP contribution in [0, 0.1) is 5.82 Å². The normalized spacial score (nSPS) is 11.4. The monoisotopic (exact) mass is 424 g/mol. The maximum absolute atomic E-state index is 14.1. The molecule has 4 nitrogen and oxygen atoms in total. The van der Waals surface area contributed by atoms with Crippen molar-refractivity contribution < 1.29 is 23.3 Å².